The van der Waals surface area contributed by atoms with E-state index < -0.39 is 0 Å². The number of benzene rings is 3. The maximum atomic E-state index is 12.7. The average Bonchev–Trinajstić information content (AvgIpc) is 2.80. The molecule has 0 aliphatic heterocycles. The first kappa shape index (κ1) is 26.5. The highest BCUT2D eigenvalue weighted by atomic mass is 16.5. The van der Waals surface area contributed by atoms with Gasteiger partial charge in [0.05, 0.1) is 5.69 Å². The molecule has 36 heavy (non-hydrogen) atoms. The van der Waals surface area contributed by atoms with Gasteiger partial charge in [0.15, 0.2) is 0 Å². The van der Waals surface area contributed by atoms with Crippen LogP contribution in [-0.2, 0) is 11.2 Å². The number of ether oxygens (including phenoxy) is 1. The van der Waals surface area contributed by atoms with Crippen molar-refractivity contribution in [2.45, 2.75) is 40.5 Å². The molecule has 0 aliphatic rings. The highest BCUT2D eigenvalue weighted by molar-refractivity contribution is 6.05. The molecule has 0 spiro atoms. The van der Waals surface area contributed by atoms with E-state index >= 15 is 0 Å². The Balaban J connectivity index is 1.71. The van der Waals surface area contributed by atoms with Gasteiger partial charge in [-0.1, -0.05) is 24.8 Å². The van der Waals surface area contributed by atoms with Crippen LogP contribution in [0.1, 0.15) is 50.2 Å². The summed E-state index contributed by atoms with van der Waals surface area (Å²) >= 11 is 0. The molecule has 3 N–H and O–H groups in total. The number of aryl methyl sites for hydroxylation is 5. The number of nitrogens with two attached hydrogens (primary N) is 1. The summed E-state index contributed by atoms with van der Waals surface area (Å²) in [6.07, 6.45) is 1.13. The third-order valence-electron chi connectivity index (χ3n) is 6.27. The summed E-state index contributed by atoms with van der Waals surface area (Å²) in [4.78, 5) is 26.3. The highest BCUT2D eigenvalue weighted by Gasteiger charge is 2.15. The summed E-state index contributed by atoms with van der Waals surface area (Å²) in [5.74, 6) is 0.760. The number of nitrogen functional groups attached to an aromatic ring is 1. The van der Waals surface area contributed by atoms with Gasteiger partial charge in [-0.05, 0) is 92.3 Å². The summed E-state index contributed by atoms with van der Waals surface area (Å²) in [7, 11) is 3.53. The molecule has 188 valence electrons. The van der Waals surface area contributed by atoms with Gasteiger partial charge in [-0.2, -0.15) is 0 Å². The lowest BCUT2D eigenvalue weighted by molar-refractivity contribution is -0.128. The van der Waals surface area contributed by atoms with Crippen molar-refractivity contribution in [2.24, 2.45) is 0 Å². The lowest BCUT2D eigenvalue weighted by Crippen LogP contribution is -2.21. The van der Waals surface area contributed by atoms with E-state index in [0.29, 0.717) is 35.6 Å². The molecular weight excluding hydrogens is 450 g/mol. The van der Waals surface area contributed by atoms with Crippen molar-refractivity contribution < 1.29 is 14.3 Å². The Labute approximate surface area is 213 Å². The summed E-state index contributed by atoms with van der Waals surface area (Å²) in [5.41, 5.74) is 14.0. The van der Waals surface area contributed by atoms with Crippen molar-refractivity contribution in [3.8, 4) is 5.75 Å². The Bertz CT molecular complexity index is 1300. The van der Waals surface area contributed by atoms with E-state index in [1.165, 1.54) is 5.56 Å². The Morgan fingerprint density at radius 1 is 0.917 bits per heavy atom. The van der Waals surface area contributed by atoms with Crippen molar-refractivity contribution >= 4 is 28.9 Å². The van der Waals surface area contributed by atoms with Crippen LogP contribution in [-0.4, -0.2) is 30.8 Å². The molecule has 0 atom stereocenters. The molecule has 0 heterocycles. The zero-order valence-corrected chi connectivity index (χ0v) is 22.0. The monoisotopic (exact) mass is 485 g/mol. The summed E-state index contributed by atoms with van der Waals surface area (Å²) < 4.78 is 6.03. The van der Waals surface area contributed by atoms with E-state index in [2.05, 4.69) is 24.0 Å². The predicted molar refractivity (Wildman–Crippen MR) is 147 cm³/mol. The molecule has 2 amide bonds. The largest absolute Gasteiger partial charge is 0.455 e. The number of rotatable bonds is 8. The van der Waals surface area contributed by atoms with Crippen molar-refractivity contribution in [1.82, 2.24) is 4.90 Å². The first-order chi connectivity index (χ1) is 17.0. The van der Waals surface area contributed by atoms with Crippen molar-refractivity contribution in [1.29, 1.82) is 0 Å². The second-order valence-corrected chi connectivity index (χ2v) is 9.42. The van der Waals surface area contributed by atoms with Crippen LogP contribution in [0.15, 0.2) is 55.1 Å². The SMILES string of the molecule is C=C(Oc1ccc(C(=O)Nc2ccc(C)c(C)c2)cc1N)c1c(C)cc(CCC(=O)N(C)C)cc1C. The summed E-state index contributed by atoms with van der Waals surface area (Å²) in [5, 5.41) is 2.91. The molecule has 0 saturated heterocycles. The van der Waals surface area contributed by atoms with Crippen molar-refractivity contribution in [3.05, 3.63) is 94.1 Å². The number of hydrogen-bond donors (Lipinski definition) is 2. The van der Waals surface area contributed by atoms with Crippen LogP contribution in [0.3, 0.4) is 0 Å². The number of carbonyl (C=O) groups excluding carboxylic acids is 2. The fourth-order valence-electron chi connectivity index (χ4n) is 4.10. The molecule has 0 saturated carbocycles. The number of amides is 2. The molecule has 3 aromatic rings. The number of nitrogens with zero attached hydrogens (tertiary/aromatic N) is 1. The molecule has 0 radical (unpaired) electrons. The van der Waals surface area contributed by atoms with Gasteiger partial charge in [-0.3, -0.25) is 9.59 Å². The fraction of sp³-hybridized carbons (Fsp3) is 0.267. The van der Waals surface area contributed by atoms with Crippen LogP contribution >= 0.6 is 0 Å². The van der Waals surface area contributed by atoms with Crippen LogP contribution in [0, 0.1) is 27.7 Å². The molecule has 0 bridgehead atoms. The average molecular weight is 486 g/mol. The maximum absolute atomic E-state index is 12.7. The van der Waals surface area contributed by atoms with Gasteiger partial charge in [0.1, 0.15) is 11.5 Å². The van der Waals surface area contributed by atoms with Gasteiger partial charge in [-0.25, -0.2) is 0 Å². The Morgan fingerprint density at radius 2 is 1.58 bits per heavy atom. The molecule has 0 unspecified atom stereocenters. The molecule has 0 aromatic heterocycles. The van der Waals surface area contributed by atoms with E-state index in [0.717, 1.165) is 33.5 Å². The third kappa shape index (κ3) is 6.33. The molecule has 6 nitrogen and oxygen atoms in total. The minimum absolute atomic E-state index is 0.101. The molecule has 3 aromatic carbocycles. The molecule has 3 rings (SSSR count). The van der Waals surface area contributed by atoms with Gasteiger partial charge >= 0.3 is 0 Å². The second-order valence-electron chi connectivity index (χ2n) is 9.42. The van der Waals surface area contributed by atoms with Gasteiger partial charge in [0.25, 0.3) is 5.91 Å². The van der Waals surface area contributed by atoms with Crippen LogP contribution in [0.2, 0.25) is 0 Å². The Hall–Kier alpha value is -4.06. The van der Waals surface area contributed by atoms with Gasteiger partial charge in [0, 0.05) is 37.3 Å². The third-order valence-corrected chi connectivity index (χ3v) is 6.27. The van der Waals surface area contributed by atoms with Crippen LogP contribution in [0.5, 0.6) is 5.75 Å². The van der Waals surface area contributed by atoms with Crippen LogP contribution in [0.4, 0.5) is 11.4 Å². The number of hydrogen-bond acceptors (Lipinski definition) is 4. The lowest BCUT2D eigenvalue weighted by Gasteiger charge is -2.17. The number of carbonyl (C=O) groups is 2. The second kappa shape index (κ2) is 11.1. The predicted octanol–water partition coefficient (Wildman–Crippen LogP) is 5.83. The van der Waals surface area contributed by atoms with E-state index in [9.17, 15) is 9.59 Å². The van der Waals surface area contributed by atoms with Crippen molar-refractivity contribution in [3.63, 3.8) is 0 Å². The van der Waals surface area contributed by atoms with Gasteiger partial charge < -0.3 is 20.7 Å². The van der Waals surface area contributed by atoms with Gasteiger partial charge in [-0.15, -0.1) is 0 Å². The number of anilines is 2. The zero-order valence-electron chi connectivity index (χ0n) is 22.0. The number of nitrogens with one attached hydrogen (secondary N) is 1. The smallest absolute Gasteiger partial charge is 0.255 e. The minimum atomic E-state index is -0.245. The lowest BCUT2D eigenvalue weighted by atomic mass is 9.96. The standard InChI is InChI=1S/C30H35N3O3/c1-18-8-11-25(16-19(18)2)32-30(35)24-10-12-27(26(31)17-24)36-22(5)29-20(3)14-23(15-21(29)4)9-13-28(34)33(6)7/h8,10-12,14-17H,5,9,13,31H2,1-4,6-7H3,(H,32,35). The van der Waals surface area contributed by atoms with E-state index in [4.69, 9.17) is 10.5 Å². The summed E-state index contributed by atoms with van der Waals surface area (Å²) in [6, 6.07) is 14.9. The quantitative estimate of drug-likeness (QED) is 0.311. The van der Waals surface area contributed by atoms with E-state index in [-0.39, 0.29) is 11.8 Å². The topological polar surface area (TPSA) is 84.7 Å². The molecule has 6 heteroatoms. The first-order valence-corrected chi connectivity index (χ1v) is 11.9. The Kier molecular flexibility index (Phi) is 8.20. The first-order valence-electron chi connectivity index (χ1n) is 11.9. The van der Waals surface area contributed by atoms with Crippen LogP contribution in [0.25, 0.3) is 5.76 Å². The summed E-state index contributed by atoms with van der Waals surface area (Å²) in [6.45, 7) is 12.1. The fourth-order valence-corrected chi connectivity index (χ4v) is 4.10. The molecule has 0 fully saturated rings. The molecular formula is C30H35N3O3. The van der Waals surface area contributed by atoms with Crippen LogP contribution < -0.4 is 15.8 Å². The minimum Gasteiger partial charge on any atom is -0.455 e. The van der Waals surface area contributed by atoms with Gasteiger partial charge in [0.2, 0.25) is 5.91 Å². The highest BCUT2D eigenvalue weighted by Crippen LogP contribution is 2.31. The van der Waals surface area contributed by atoms with E-state index in [1.807, 2.05) is 45.9 Å². The molecule has 0 aliphatic carbocycles. The Morgan fingerprint density at radius 3 is 2.17 bits per heavy atom. The van der Waals surface area contributed by atoms with E-state index in [1.54, 1.807) is 37.2 Å². The van der Waals surface area contributed by atoms with Crippen molar-refractivity contribution in [2.75, 3.05) is 25.1 Å². The zero-order chi connectivity index (χ0) is 26.6. The maximum Gasteiger partial charge on any atom is 0.255 e. The normalized spacial score (nSPS) is 10.6.